The molecule has 1 heterocycles. The third-order valence-corrected chi connectivity index (χ3v) is 12.4. The average Bonchev–Trinajstić information content (AvgIpc) is 3.90. The highest BCUT2D eigenvalue weighted by atomic mass is 15.2. The molecule has 0 radical (unpaired) electrons. The number of hydrogen-bond acceptors (Lipinski definition) is 1. The Bertz CT molecular complexity index is 3130. The van der Waals surface area contributed by atoms with Crippen molar-refractivity contribution in [3.63, 3.8) is 0 Å². The Morgan fingerprint density at radius 2 is 0.860 bits per heavy atom. The van der Waals surface area contributed by atoms with E-state index in [1.165, 1.54) is 77.4 Å². The second-order valence-electron chi connectivity index (χ2n) is 15.2. The van der Waals surface area contributed by atoms with Gasteiger partial charge < -0.3 is 9.47 Å². The van der Waals surface area contributed by atoms with Crippen molar-refractivity contribution >= 4 is 38.9 Å². The quantitative estimate of drug-likeness (QED) is 0.172. The molecule has 0 saturated heterocycles. The lowest BCUT2D eigenvalue weighted by Gasteiger charge is -2.33. The van der Waals surface area contributed by atoms with Crippen LogP contribution in [-0.4, -0.2) is 4.57 Å². The topological polar surface area (TPSA) is 8.17 Å². The van der Waals surface area contributed by atoms with Gasteiger partial charge in [-0.15, -0.1) is 0 Å². The lowest BCUT2D eigenvalue weighted by molar-refractivity contribution is 0.793. The number of aromatic nitrogens is 1. The first-order chi connectivity index (χ1) is 28.3. The minimum absolute atomic E-state index is 0.454. The van der Waals surface area contributed by atoms with Crippen LogP contribution in [0.1, 0.15) is 22.3 Å². The van der Waals surface area contributed by atoms with Gasteiger partial charge in [0.1, 0.15) is 0 Å². The average molecular weight is 725 g/mol. The molecule has 57 heavy (non-hydrogen) atoms. The molecule has 0 fully saturated rings. The fraction of sp³-hybridized carbons (Fsp3) is 0.0182. The van der Waals surface area contributed by atoms with E-state index in [2.05, 4.69) is 228 Å². The molecule has 0 saturated carbocycles. The molecule has 0 atom stereocenters. The number of nitrogens with zero attached hydrogens (tertiary/aromatic N) is 2. The van der Waals surface area contributed by atoms with Gasteiger partial charge in [-0.2, -0.15) is 0 Å². The largest absolute Gasteiger partial charge is 0.308 e. The minimum atomic E-state index is -0.454. The SMILES string of the molecule is c1ccc(-c2ccccc2N(c2ccc3c(c2)C2(c4ccccc4-c4ccccc42)c2ccccc2-3)c2cccc3c4ccccc4n(-c4ccccc4)c23)cc1. The van der Waals surface area contributed by atoms with Crippen LogP contribution < -0.4 is 4.90 Å². The third kappa shape index (κ3) is 4.41. The lowest BCUT2D eigenvalue weighted by Crippen LogP contribution is -2.26. The summed E-state index contributed by atoms with van der Waals surface area (Å²) < 4.78 is 2.45. The van der Waals surface area contributed by atoms with Crippen LogP contribution in [0.25, 0.3) is 60.9 Å². The van der Waals surface area contributed by atoms with Crippen LogP contribution in [-0.2, 0) is 5.41 Å². The lowest BCUT2D eigenvalue weighted by atomic mass is 9.70. The van der Waals surface area contributed by atoms with Crippen LogP contribution in [0.5, 0.6) is 0 Å². The Morgan fingerprint density at radius 3 is 1.54 bits per heavy atom. The molecule has 1 aromatic heterocycles. The van der Waals surface area contributed by atoms with Gasteiger partial charge in [-0.1, -0.05) is 176 Å². The molecule has 12 rings (SSSR count). The Morgan fingerprint density at radius 1 is 0.351 bits per heavy atom. The normalized spacial score (nSPS) is 13.1. The highest BCUT2D eigenvalue weighted by Crippen LogP contribution is 2.63. The molecule has 0 aliphatic heterocycles. The Hall–Kier alpha value is -7.42. The molecule has 2 aliphatic carbocycles. The summed E-state index contributed by atoms with van der Waals surface area (Å²) in [5, 5.41) is 2.45. The molecule has 1 spiro atoms. The van der Waals surface area contributed by atoms with E-state index in [0.29, 0.717) is 0 Å². The summed E-state index contributed by atoms with van der Waals surface area (Å²) in [6.45, 7) is 0. The second-order valence-corrected chi connectivity index (χ2v) is 15.2. The van der Waals surface area contributed by atoms with E-state index in [9.17, 15) is 0 Å². The Labute approximate surface area is 332 Å². The Kier molecular flexibility index (Phi) is 6.88. The Balaban J connectivity index is 1.21. The van der Waals surface area contributed by atoms with E-state index < -0.39 is 5.41 Å². The van der Waals surface area contributed by atoms with Crippen molar-refractivity contribution in [2.45, 2.75) is 5.41 Å². The zero-order valence-electron chi connectivity index (χ0n) is 31.2. The maximum absolute atomic E-state index is 2.52. The summed E-state index contributed by atoms with van der Waals surface area (Å²) in [5.41, 5.74) is 19.3. The second kappa shape index (κ2) is 12.3. The zero-order valence-corrected chi connectivity index (χ0v) is 31.2. The highest BCUT2D eigenvalue weighted by Gasteiger charge is 2.51. The molecule has 0 bridgehead atoms. The number of hydrogen-bond donors (Lipinski definition) is 0. The van der Waals surface area contributed by atoms with Gasteiger partial charge in [0.15, 0.2) is 0 Å². The number of para-hydroxylation sites is 4. The first kappa shape index (κ1) is 31.9. The van der Waals surface area contributed by atoms with Gasteiger partial charge in [0.05, 0.1) is 27.8 Å². The molecular formula is C55H36N2. The molecule has 0 amide bonds. The molecule has 2 nitrogen and oxygen atoms in total. The summed E-state index contributed by atoms with van der Waals surface area (Å²) in [6.07, 6.45) is 0. The van der Waals surface area contributed by atoms with E-state index in [1.807, 2.05) is 0 Å². The van der Waals surface area contributed by atoms with Crippen LogP contribution in [0, 0.1) is 0 Å². The van der Waals surface area contributed by atoms with Gasteiger partial charge >= 0.3 is 0 Å². The number of anilines is 3. The summed E-state index contributed by atoms with van der Waals surface area (Å²) in [7, 11) is 0. The zero-order chi connectivity index (χ0) is 37.5. The predicted molar refractivity (Wildman–Crippen MR) is 237 cm³/mol. The smallest absolute Gasteiger partial charge is 0.0782 e. The summed E-state index contributed by atoms with van der Waals surface area (Å²) in [4.78, 5) is 2.52. The third-order valence-electron chi connectivity index (χ3n) is 12.4. The highest BCUT2D eigenvalue weighted by molar-refractivity contribution is 6.15. The molecule has 9 aromatic carbocycles. The van der Waals surface area contributed by atoms with Crippen molar-refractivity contribution in [1.82, 2.24) is 4.57 Å². The van der Waals surface area contributed by atoms with Crippen molar-refractivity contribution in [2.24, 2.45) is 0 Å². The van der Waals surface area contributed by atoms with Crippen LogP contribution in [0.3, 0.4) is 0 Å². The van der Waals surface area contributed by atoms with Crippen LogP contribution >= 0.6 is 0 Å². The molecule has 266 valence electrons. The fourth-order valence-electron chi connectivity index (χ4n) is 10.2. The van der Waals surface area contributed by atoms with Crippen molar-refractivity contribution < 1.29 is 0 Å². The summed E-state index contributed by atoms with van der Waals surface area (Å²) in [6, 6.07) is 80.5. The molecule has 2 aliphatic rings. The first-order valence-corrected chi connectivity index (χ1v) is 19.8. The molecule has 2 heteroatoms. The van der Waals surface area contributed by atoms with Crippen molar-refractivity contribution in [3.8, 4) is 39.1 Å². The minimum Gasteiger partial charge on any atom is -0.308 e. The summed E-state index contributed by atoms with van der Waals surface area (Å²) in [5.74, 6) is 0. The van der Waals surface area contributed by atoms with Crippen molar-refractivity contribution in [1.29, 1.82) is 0 Å². The van der Waals surface area contributed by atoms with E-state index in [0.717, 1.165) is 22.7 Å². The predicted octanol–water partition coefficient (Wildman–Crippen LogP) is 14.3. The first-order valence-electron chi connectivity index (χ1n) is 19.8. The van der Waals surface area contributed by atoms with Gasteiger partial charge in [-0.3, -0.25) is 0 Å². The standard InChI is InChI=1S/C55H36N2/c1-3-18-37(19-4-1)40-22-10-15-31-51(40)56(53-33-17-27-46-45-26-11-16-32-52(45)57(54(46)53)38-20-5-2-6-21-38)39-34-35-44-43-25-9-14-30-49(43)55(50(44)36-39)47-28-12-7-23-41(47)42-24-8-13-29-48(42)55/h1-36H. The number of rotatable bonds is 5. The van der Waals surface area contributed by atoms with Gasteiger partial charge in [0.2, 0.25) is 0 Å². The molecule has 0 unspecified atom stereocenters. The van der Waals surface area contributed by atoms with Crippen LogP contribution in [0.2, 0.25) is 0 Å². The molecular weight excluding hydrogens is 689 g/mol. The van der Waals surface area contributed by atoms with Crippen molar-refractivity contribution in [2.75, 3.05) is 4.90 Å². The van der Waals surface area contributed by atoms with Gasteiger partial charge in [0.25, 0.3) is 0 Å². The maximum Gasteiger partial charge on any atom is 0.0782 e. The number of benzene rings is 9. The summed E-state index contributed by atoms with van der Waals surface area (Å²) >= 11 is 0. The molecule has 10 aromatic rings. The van der Waals surface area contributed by atoms with Crippen LogP contribution in [0.4, 0.5) is 17.1 Å². The van der Waals surface area contributed by atoms with E-state index in [4.69, 9.17) is 0 Å². The van der Waals surface area contributed by atoms with E-state index >= 15 is 0 Å². The van der Waals surface area contributed by atoms with Gasteiger partial charge in [0, 0.05) is 27.7 Å². The number of fused-ring (bicyclic) bond motifs is 13. The van der Waals surface area contributed by atoms with E-state index in [1.54, 1.807) is 0 Å². The van der Waals surface area contributed by atoms with Gasteiger partial charge in [-0.05, 0) is 92.5 Å². The monoisotopic (exact) mass is 724 g/mol. The van der Waals surface area contributed by atoms with Crippen LogP contribution in [0.15, 0.2) is 218 Å². The fourth-order valence-corrected chi connectivity index (χ4v) is 10.2. The van der Waals surface area contributed by atoms with E-state index in [-0.39, 0.29) is 0 Å². The maximum atomic E-state index is 2.52. The molecule has 0 N–H and O–H groups in total. The van der Waals surface area contributed by atoms with Crippen molar-refractivity contribution in [3.05, 3.63) is 241 Å². The van der Waals surface area contributed by atoms with Gasteiger partial charge in [-0.25, -0.2) is 0 Å².